The number of ether oxygens (including phenoxy) is 1. The van der Waals surface area contributed by atoms with Crippen LogP contribution in [0.1, 0.15) is 29.7 Å². The molecule has 0 saturated carbocycles. The number of hydrogen-bond donors (Lipinski definition) is 0. The zero-order chi connectivity index (χ0) is 10.3. The highest BCUT2D eigenvalue weighted by Gasteiger charge is 2.30. The van der Waals surface area contributed by atoms with E-state index in [1.54, 1.807) is 7.11 Å². The Kier molecular flexibility index (Phi) is 2.54. The summed E-state index contributed by atoms with van der Waals surface area (Å²) in [7, 11) is 1.77. The Balaban J connectivity index is 2.53. The third-order valence-electron chi connectivity index (χ3n) is 2.98. The minimum atomic E-state index is 0.224. The molecule has 0 heterocycles. The van der Waals surface area contributed by atoms with E-state index in [1.807, 2.05) is 6.07 Å². The lowest BCUT2D eigenvalue weighted by Gasteiger charge is -2.14. The largest absolute Gasteiger partial charge is 0.376 e. The van der Waals surface area contributed by atoms with Gasteiger partial charge in [-0.05, 0) is 42.0 Å². The molecule has 1 aromatic rings. The van der Waals surface area contributed by atoms with E-state index >= 15 is 0 Å². The predicted molar refractivity (Wildman–Crippen MR) is 58.8 cm³/mol. The molecule has 0 aliphatic heterocycles. The Morgan fingerprint density at radius 1 is 1.43 bits per heavy atom. The molecule has 1 aliphatic carbocycles. The Labute approximate surface area is 90.0 Å². The van der Waals surface area contributed by atoms with Crippen molar-refractivity contribution in [2.45, 2.75) is 26.4 Å². The smallest absolute Gasteiger partial charge is 0.0853 e. The van der Waals surface area contributed by atoms with Gasteiger partial charge in [-0.2, -0.15) is 0 Å². The van der Waals surface area contributed by atoms with Crippen molar-refractivity contribution >= 4 is 11.6 Å². The van der Waals surface area contributed by atoms with E-state index in [2.05, 4.69) is 19.9 Å². The third-order valence-corrected chi connectivity index (χ3v) is 3.31. The van der Waals surface area contributed by atoms with Crippen molar-refractivity contribution in [2.24, 2.45) is 5.92 Å². The number of halogens is 1. The molecule has 0 radical (unpaired) electrons. The monoisotopic (exact) mass is 210 g/mol. The summed E-state index contributed by atoms with van der Waals surface area (Å²) in [5, 5.41) is 0.895. The molecule has 0 fully saturated rings. The fourth-order valence-corrected chi connectivity index (χ4v) is 2.72. The Bertz CT molecular complexity index is 360. The van der Waals surface area contributed by atoms with Crippen molar-refractivity contribution in [1.82, 2.24) is 0 Å². The van der Waals surface area contributed by atoms with Gasteiger partial charge in [-0.3, -0.25) is 0 Å². The molecule has 1 nitrogen and oxygen atoms in total. The predicted octanol–water partition coefficient (Wildman–Crippen LogP) is 3.53. The summed E-state index contributed by atoms with van der Waals surface area (Å²) in [6.45, 7) is 4.28. The maximum absolute atomic E-state index is 6.21. The molecule has 1 aromatic carbocycles. The van der Waals surface area contributed by atoms with Crippen molar-refractivity contribution in [2.75, 3.05) is 7.11 Å². The molecule has 76 valence electrons. The van der Waals surface area contributed by atoms with Gasteiger partial charge in [0, 0.05) is 12.1 Å². The second-order valence-corrected chi connectivity index (χ2v) is 4.56. The molecule has 2 heteroatoms. The van der Waals surface area contributed by atoms with E-state index < -0.39 is 0 Å². The van der Waals surface area contributed by atoms with Crippen LogP contribution in [0, 0.1) is 12.8 Å². The second-order valence-electron chi connectivity index (χ2n) is 4.15. The van der Waals surface area contributed by atoms with Gasteiger partial charge in [-0.15, -0.1) is 0 Å². The summed E-state index contributed by atoms with van der Waals surface area (Å²) in [6.07, 6.45) is 1.26. The van der Waals surface area contributed by atoms with Crippen molar-refractivity contribution in [3.8, 4) is 0 Å². The average molecular weight is 211 g/mol. The van der Waals surface area contributed by atoms with Crippen LogP contribution >= 0.6 is 11.6 Å². The first-order valence-electron chi connectivity index (χ1n) is 4.95. The summed E-state index contributed by atoms with van der Waals surface area (Å²) in [5.41, 5.74) is 3.77. The molecule has 14 heavy (non-hydrogen) atoms. The van der Waals surface area contributed by atoms with Crippen LogP contribution in [-0.2, 0) is 11.2 Å². The first kappa shape index (κ1) is 10.0. The lowest BCUT2D eigenvalue weighted by molar-refractivity contribution is 0.0695. The van der Waals surface area contributed by atoms with E-state index in [0.29, 0.717) is 5.92 Å². The maximum atomic E-state index is 6.21. The SMILES string of the molecule is COC1c2cc(C)cc(Cl)c2C[C@H]1C. The van der Waals surface area contributed by atoms with Crippen LogP contribution in [0.3, 0.4) is 0 Å². The van der Waals surface area contributed by atoms with E-state index in [0.717, 1.165) is 11.4 Å². The standard InChI is InChI=1S/C12H15ClO/c1-7-4-10-9(11(13)5-7)6-8(2)12(10)14-3/h4-5,8,12H,6H2,1-3H3/t8-,12?/m1/s1. The molecule has 0 N–H and O–H groups in total. The summed E-state index contributed by atoms with van der Waals surface area (Å²) in [5.74, 6) is 0.536. The van der Waals surface area contributed by atoms with E-state index in [-0.39, 0.29) is 6.10 Å². The lowest BCUT2D eigenvalue weighted by atomic mass is 10.0. The summed E-state index contributed by atoms with van der Waals surface area (Å²) >= 11 is 6.21. The fraction of sp³-hybridized carbons (Fsp3) is 0.500. The number of benzene rings is 1. The van der Waals surface area contributed by atoms with Gasteiger partial charge in [0.2, 0.25) is 0 Å². The van der Waals surface area contributed by atoms with Crippen LogP contribution in [0.5, 0.6) is 0 Å². The van der Waals surface area contributed by atoms with Gasteiger partial charge in [0.1, 0.15) is 0 Å². The fourth-order valence-electron chi connectivity index (χ4n) is 2.36. The Hall–Kier alpha value is -0.530. The van der Waals surface area contributed by atoms with Crippen molar-refractivity contribution in [3.05, 3.63) is 33.8 Å². The van der Waals surface area contributed by atoms with E-state index in [1.165, 1.54) is 16.7 Å². The van der Waals surface area contributed by atoms with Crippen LogP contribution in [0.25, 0.3) is 0 Å². The average Bonchev–Trinajstić information content (AvgIpc) is 2.41. The zero-order valence-electron chi connectivity index (χ0n) is 8.80. The van der Waals surface area contributed by atoms with Crippen molar-refractivity contribution < 1.29 is 4.74 Å². The topological polar surface area (TPSA) is 9.23 Å². The maximum Gasteiger partial charge on any atom is 0.0853 e. The first-order chi connectivity index (χ1) is 6.63. The van der Waals surface area contributed by atoms with Crippen LogP contribution in [0.2, 0.25) is 5.02 Å². The first-order valence-corrected chi connectivity index (χ1v) is 5.33. The van der Waals surface area contributed by atoms with Crippen molar-refractivity contribution in [1.29, 1.82) is 0 Å². The number of hydrogen-bond acceptors (Lipinski definition) is 1. The van der Waals surface area contributed by atoms with E-state index in [9.17, 15) is 0 Å². The van der Waals surface area contributed by atoms with Gasteiger partial charge in [0.15, 0.2) is 0 Å². The molecule has 1 aliphatic rings. The molecular formula is C12H15ClO. The number of rotatable bonds is 1. The number of methoxy groups -OCH3 is 1. The number of aryl methyl sites for hydroxylation is 1. The molecule has 0 aromatic heterocycles. The minimum absolute atomic E-state index is 0.224. The molecule has 0 saturated heterocycles. The van der Waals surface area contributed by atoms with Crippen LogP contribution in [0.15, 0.2) is 12.1 Å². The molecule has 0 amide bonds. The van der Waals surface area contributed by atoms with Crippen LogP contribution < -0.4 is 0 Å². The molecule has 0 spiro atoms. The zero-order valence-corrected chi connectivity index (χ0v) is 9.56. The molecule has 2 atom stereocenters. The molecule has 1 unspecified atom stereocenters. The highest BCUT2D eigenvalue weighted by atomic mass is 35.5. The normalized spacial score (nSPS) is 25.1. The van der Waals surface area contributed by atoms with Crippen LogP contribution in [-0.4, -0.2) is 7.11 Å². The minimum Gasteiger partial charge on any atom is -0.376 e. The van der Waals surface area contributed by atoms with Crippen molar-refractivity contribution in [3.63, 3.8) is 0 Å². The summed E-state index contributed by atoms with van der Waals surface area (Å²) < 4.78 is 5.50. The van der Waals surface area contributed by atoms with Gasteiger partial charge in [0.05, 0.1) is 6.10 Å². The highest BCUT2D eigenvalue weighted by Crippen LogP contribution is 2.41. The summed E-state index contributed by atoms with van der Waals surface area (Å²) in [4.78, 5) is 0. The quantitative estimate of drug-likeness (QED) is 0.689. The van der Waals surface area contributed by atoms with Gasteiger partial charge < -0.3 is 4.74 Å². The second kappa shape index (κ2) is 3.56. The molecule has 0 bridgehead atoms. The Morgan fingerprint density at radius 2 is 2.14 bits per heavy atom. The van der Waals surface area contributed by atoms with Gasteiger partial charge in [-0.1, -0.05) is 24.6 Å². The van der Waals surface area contributed by atoms with Crippen LogP contribution in [0.4, 0.5) is 0 Å². The molecule has 2 rings (SSSR count). The third kappa shape index (κ3) is 1.45. The Morgan fingerprint density at radius 3 is 2.79 bits per heavy atom. The molecular weight excluding hydrogens is 196 g/mol. The summed E-state index contributed by atoms with van der Waals surface area (Å²) in [6, 6.07) is 4.23. The number of fused-ring (bicyclic) bond motifs is 1. The highest BCUT2D eigenvalue weighted by molar-refractivity contribution is 6.31. The van der Waals surface area contributed by atoms with E-state index in [4.69, 9.17) is 16.3 Å². The van der Waals surface area contributed by atoms with Gasteiger partial charge in [-0.25, -0.2) is 0 Å². The lowest BCUT2D eigenvalue weighted by Crippen LogP contribution is -2.05. The van der Waals surface area contributed by atoms with Gasteiger partial charge >= 0.3 is 0 Å². The van der Waals surface area contributed by atoms with Gasteiger partial charge in [0.25, 0.3) is 0 Å².